The minimum Gasteiger partial charge on any atom is -0.464 e. The summed E-state index contributed by atoms with van der Waals surface area (Å²) >= 11 is 0. The number of ether oxygens (including phenoxy) is 1. The summed E-state index contributed by atoms with van der Waals surface area (Å²) in [6.45, 7) is 3.18. The molecule has 0 radical (unpaired) electrons. The lowest BCUT2D eigenvalue weighted by molar-refractivity contribution is -0.145. The predicted molar refractivity (Wildman–Crippen MR) is 65.9 cm³/mol. The van der Waals surface area contributed by atoms with Crippen LogP contribution >= 0.6 is 0 Å². The van der Waals surface area contributed by atoms with Crippen molar-refractivity contribution in [2.75, 3.05) is 18.1 Å². The smallest absolute Gasteiger partial charge is 0.328 e. The number of aromatic nitrogens is 1. The van der Waals surface area contributed by atoms with Gasteiger partial charge in [-0.25, -0.2) is 4.79 Å². The van der Waals surface area contributed by atoms with E-state index in [0.29, 0.717) is 6.61 Å². The number of hydrogen-bond acceptors (Lipinski definition) is 4. The van der Waals surface area contributed by atoms with Crippen molar-refractivity contribution in [2.24, 2.45) is 0 Å². The third-order valence-electron chi connectivity index (χ3n) is 3.04. The zero-order valence-corrected chi connectivity index (χ0v) is 10.1. The molecule has 92 valence electrons. The van der Waals surface area contributed by atoms with Crippen molar-refractivity contribution >= 4 is 11.7 Å². The molecule has 0 aromatic carbocycles. The second-order valence-electron chi connectivity index (χ2n) is 4.17. The van der Waals surface area contributed by atoms with Crippen molar-refractivity contribution < 1.29 is 9.53 Å². The minimum absolute atomic E-state index is 0.115. The summed E-state index contributed by atoms with van der Waals surface area (Å²) in [7, 11) is 0. The summed E-state index contributed by atoms with van der Waals surface area (Å²) < 4.78 is 5.13. The highest BCUT2D eigenvalue weighted by atomic mass is 16.5. The number of nitrogens with zero attached hydrogens (tertiary/aromatic N) is 2. The van der Waals surface area contributed by atoms with E-state index in [4.69, 9.17) is 4.74 Å². The highest BCUT2D eigenvalue weighted by Gasteiger charge is 2.29. The third-order valence-corrected chi connectivity index (χ3v) is 3.04. The molecule has 1 unspecified atom stereocenters. The Hall–Kier alpha value is -1.58. The molecule has 0 aliphatic carbocycles. The van der Waals surface area contributed by atoms with E-state index >= 15 is 0 Å². The van der Waals surface area contributed by atoms with E-state index in [1.165, 1.54) is 0 Å². The topological polar surface area (TPSA) is 42.4 Å². The van der Waals surface area contributed by atoms with Crippen LogP contribution in [0.1, 0.15) is 26.2 Å². The first kappa shape index (κ1) is 11.9. The molecule has 1 fully saturated rings. The summed E-state index contributed by atoms with van der Waals surface area (Å²) in [5.41, 5.74) is 1.00. The average Bonchev–Trinajstić information content (AvgIpc) is 2.40. The summed E-state index contributed by atoms with van der Waals surface area (Å²) in [4.78, 5) is 18.1. The van der Waals surface area contributed by atoms with Crippen molar-refractivity contribution in [3.8, 4) is 0 Å². The van der Waals surface area contributed by atoms with Gasteiger partial charge >= 0.3 is 5.97 Å². The Bertz CT molecular complexity index is 367. The van der Waals surface area contributed by atoms with Crippen molar-refractivity contribution in [3.63, 3.8) is 0 Å². The standard InChI is InChI=1S/C13H18N2O2/c1-2-17-13(16)12-7-3-4-9-15(12)11-6-5-8-14-10-11/h5-6,8,10,12H,2-4,7,9H2,1H3. The SMILES string of the molecule is CCOC(=O)C1CCCCN1c1cccnc1. The normalized spacial score (nSPS) is 20.1. The number of anilines is 1. The largest absolute Gasteiger partial charge is 0.464 e. The van der Waals surface area contributed by atoms with E-state index in [2.05, 4.69) is 9.88 Å². The molecule has 4 nitrogen and oxygen atoms in total. The van der Waals surface area contributed by atoms with Crippen molar-refractivity contribution in [3.05, 3.63) is 24.5 Å². The maximum atomic E-state index is 11.9. The first-order valence-electron chi connectivity index (χ1n) is 6.16. The Morgan fingerprint density at radius 3 is 3.18 bits per heavy atom. The molecule has 0 spiro atoms. The number of piperidine rings is 1. The van der Waals surface area contributed by atoms with Gasteiger partial charge in [0.05, 0.1) is 18.5 Å². The van der Waals surface area contributed by atoms with Gasteiger partial charge in [-0.3, -0.25) is 4.98 Å². The van der Waals surface area contributed by atoms with Gasteiger partial charge in [0.15, 0.2) is 0 Å². The molecule has 1 aromatic heterocycles. The fourth-order valence-corrected chi connectivity index (χ4v) is 2.25. The zero-order chi connectivity index (χ0) is 12.1. The maximum Gasteiger partial charge on any atom is 0.328 e. The minimum atomic E-state index is -0.145. The number of esters is 1. The monoisotopic (exact) mass is 234 g/mol. The summed E-state index contributed by atoms with van der Waals surface area (Å²) in [5, 5.41) is 0. The van der Waals surface area contributed by atoms with E-state index in [1.54, 1.807) is 12.4 Å². The Morgan fingerprint density at radius 1 is 1.59 bits per heavy atom. The van der Waals surface area contributed by atoms with Crippen LogP contribution in [0.15, 0.2) is 24.5 Å². The lowest BCUT2D eigenvalue weighted by atomic mass is 10.0. The number of rotatable bonds is 3. The molecule has 0 amide bonds. The van der Waals surface area contributed by atoms with E-state index < -0.39 is 0 Å². The molecule has 17 heavy (non-hydrogen) atoms. The first-order chi connectivity index (χ1) is 8.33. The lowest BCUT2D eigenvalue weighted by Crippen LogP contribution is -2.45. The van der Waals surface area contributed by atoms with Crippen LogP contribution in [-0.4, -0.2) is 30.1 Å². The average molecular weight is 234 g/mol. The molecule has 0 N–H and O–H groups in total. The number of carbonyl (C=O) groups is 1. The number of hydrogen-bond donors (Lipinski definition) is 0. The van der Waals surface area contributed by atoms with Crippen LogP contribution in [-0.2, 0) is 9.53 Å². The van der Waals surface area contributed by atoms with Crippen LogP contribution in [0, 0.1) is 0 Å². The van der Waals surface area contributed by atoms with Gasteiger partial charge in [-0.15, -0.1) is 0 Å². The molecule has 2 heterocycles. The van der Waals surface area contributed by atoms with Gasteiger partial charge in [-0.05, 0) is 38.3 Å². The highest BCUT2D eigenvalue weighted by molar-refractivity contribution is 5.80. The molecule has 4 heteroatoms. The van der Waals surface area contributed by atoms with Crippen LogP contribution in [0.5, 0.6) is 0 Å². The van der Waals surface area contributed by atoms with Gasteiger partial charge in [-0.1, -0.05) is 0 Å². The van der Waals surface area contributed by atoms with Crippen molar-refractivity contribution in [1.82, 2.24) is 4.98 Å². The van der Waals surface area contributed by atoms with Crippen LogP contribution in [0.4, 0.5) is 5.69 Å². The van der Waals surface area contributed by atoms with Gasteiger partial charge < -0.3 is 9.64 Å². The zero-order valence-electron chi connectivity index (χ0n) is 10.1. The molecule has 0 bridgehead atoms. The second-order valence-corrected chi connectivity index (χ2v) is 4.17. The maximum absolute atomic E-state index is 11.9. The van der Waals surface area contributed by atoms with Crippen LogP contribution in [0.25, 0.3) is 0 Å². The van der Waals surface area contributed by atoms with Crippen LogP contribution in [0.2, 0.25) is 0 Å². The molecule has 1 aliphatic heterocycles. The van der Waals surface area contributed by atoms with Gasteiger partial charge in [0.1, 0.15) is 6.04 Å². The Labute approximate surface area is 102 Å². The van der Waals surface area contributed by atoms with Crippen molar-refractivity contribution in [1.29, 1.82) is 0 Å². The van der Waals surface area contributed by atoms with Crippen LogP contribution in [0.3, 0.4) is 0 Å². The quantitative estimate of drug-likeness (QED) is 0.750. The third kappa shape index (κ3) is 2.75. The van der Waals surface area contributed by atoms with Crippen LogP contribution < -0.4 is 4.90 Å². The Morgan fingerprint density at radius 2 is 2.47 bits per heavy atom. The van der Waals surface area contributed by atoms with Crippen molar-refractivity contribution in [2.45, 2.75) is 32.2 Å². The molecule has 1 atom stereocenters. The van der Waals surface area contributed by atoms with E-state index in [-0.39, 0.29) is 12.0 Å². The predicted octanol–water partition coefficient (Wildman–Crippen LogP) is 2.00. The van der Waals surface area contributed by atoms with Gasteiger partial charge in [0.2, 0.25) is 0 Å². The molecule has 1 saturated heterocycles. The molecular weight excluding hydrogens is 216 g/mol. The van der Waals surface area contributed by atoms with Gasteiger partial charge in [0.25, 0.3) is 0 Å². The van der Waals surface area contributed by atoms with E-state index in [9.17, 15) is 4.79 Å². The summed E-state index contributed by atoms with van der Waals surface area (Å²) in [5.74, 6) is -0.115. The first-order valence-corrected chi connectivity index (χ1v) is 6.16. The lowest BCUT2D eigenvalue weighted by Gasteiger charge is -2.35. The van der Waals surface area contributed by atoms with Gasteiger partial charge in [0, 0.05) is 12.7 Å². The Kier molecular flexibility index (Phi) is 3.96. The summed E-state index contributed by atoms with van der Waals surface area (Å²) in [6, 6.07) is 3.74. The van der Waals surface area contributed by atoms with E-state index in [1.807, 2.05) is 19.1 Å². The molecule has 1 aliphatic rings. The second kappa shape index (κ2) is 5.66. The van der Waals surface area contributed by atoms with Gasteiger partial charge in [-0.2, -0.15) is 0 Å². The molecule has 0 saturated carbocycles. The Balaban J connectivity index is 2.15. The highest BCUT2D eigenvalue weighted by Crippen LogP contribution is 2.24. The fraction of sp³-hybridized carbons (Fsp3) is 0.538. The fourth-order valence-electron chi connectivity index (χ4n) is 2.25. The van der Waals surface area contributed by atoms with E-state index in [0.717, 1.165) is 31.5 Å². The molecular formula is C13H18N2O2. The molecule has 2 rings (SSSR count). The number of carbonyl (C=O) groups excluding carboxylic acids is 1. The molecule has 1 aromatic rings. The number of pyridine rings is 1. The summed E-state index contributed by atoms with van der Waals surface area (Å²) in [6.07, 6.45) is 6.61.